The van der Waals surface area contributed by atoms with Crippen LogP contribution in [0.5, 0.6) is 5.75 Å². The van der Waals surface area contributed by atoms with Crippen LogP contribution in [0.15, 0.2) is 54.6 Å². The molecule has 0 bridgehead atoms. The lowest BCUT2D eigenvalue weighted by atomic mass is 10.1. The molecule has 1 amide bonds. The number of benzene rings is 2. The van der Waals surface area contributed by atoms with E-state index in [-0.39, 0.29) is 12.3 Å². The molecule has 2 aromatic carbocycles. The summed E-state index contributed by atoms with van der Waals surface area (Å²) in [5, 5.41) is 0.967. The molecule has 5 heteroatoms. The van der Waals surface area contributed by atoms with Gasteiger partial charge in [0.05, 0.1) is 24.7 Å². The number of nitrogen functional groups attached to an aromatic ring is 1. The average molecular weight is 321 g/mol. The van der Waals surface area contributed by atoms with Gasteiger partial charge in [-0.15, -0.1) is 0 Å². The van der Waals surface area contributed by atoms with E-state index in [0.29, 0.717) is 5.69 Å². The van der Waals surface area contributed by atoms with Gasteiger partial charge < -0.3 is 15.4 Å². The van der Waals surface area contributed by atoms with E-state index in [0.717, 1.165) is 28.0 Å². The normalized spacial score (nSPS) is 10.6. The molecule has 0 unspecified atom stereocenters. The van der Waals surface area contributed by atoms with Gasteiger partial charge in [-0.2, -0.15) is 0 Å². The second-order valence-electron chi connectivity index (χ2n) is 5.58. The van der Waals surface area contributed by atoms with Gasteiger partial charge in [0.15, 0.2) is 0 Å². The number of pyridine rings is 1. The SMILES string of the molecule is COc1ccc(N(C)C(=O)Cc2ccc3cc(N)ccc3n2)cc1. The van der Waals surface area contributed by atoms with Crippen molar-refractivity contribution in [3.05, 3.63) is 60.3 Å². The molecule has 0 spiro atoms. The minimum atomic E-state index is -0.0255. The van der Waals surface area contributed by atoms with E-state index in [4.69, 9.17) is 10.5 Å². The van der Waals surface area contributed by atoms with Gasteiger partial charge in [0.25, 0.3) is 0 Å². The highest BCUT2D eigenvalue weighted by molar-refractivity contribution is 5.94. The van der Waals surface area contributed by atoms with Gasteiger partial charge in [-0.3, -0.25) is 9.78 Å². The number of amides is 1. The number of fused-ring (bicyclic) bond motifs is 1. The molecule has 3 aromatic rings. The van der Waals surface area contributed by atoms with Gasteiger partial charge >= 0.3 is 0 Å². The van der Waals surface area contributed by atoms with Crippen LogP contribution in [0.2, 0.25) is 0 Å². The molecule has 2 N–H and O–H groups in total. The number of ether oxygens (including phenoxy) is 1. The van der Waals surface area contributed by atoms with Crippen LogP contribution in [0.3, 0.4) is 0 Å². The zero-order valence-corrected chi connectivity index (χ0v) is 13.7. The first kappa shape index (κ1) is 15.8. The number of aromatic nitrogens is 1. The second-order valence-corrected chi connectivity index (χ2v) is 5.58. The Morgan fingerprint density at radius 3 is 2.58 bits per heavy atom. The molecule has 0 aliphatic rings. The van der Waals surface area contributed by atoms with Gasteiger partial charge in [-0.25, -0.2) is 0 Å². The Kier molecular flexibility index (Phi) is 4.33. The number of carbonyl (C=O) groups is 1. The van der Waals surface area contributed by atoms with Gasteiger partial charge in [-0.05, 0) is 48.5 Å². The Balaban J connectivity index is 1.76. The van der Waals surface area contributed by atoms with Gasteiger partial charge in [0.2, 0.25) is 5.91 Å². The van der Waals surface area contributed by atoms with Gasteiger partial charge in [-0.1, -0.05) is 6.07 Å². The number of nitrogens with zero attached hydrogens (tertiary/aromatic N) is 2. The van der Waals surface area contributed by atoms with E-state index in [2.05, 4.69) is 4.98 Å². The molecule has 0 atom stereocenters. The Morgan fingerprint density at radius 1 is 1.12 bits per heavy atom. The predicted octanol–water partition coefficient (Wildman–Crippen LogP) is 3.03. The number of hydrogen-bond acceptors (Lipinski definition) is 4. The second kappa shape index (κ2) is 6.58. The van der Waals surface area contributed by atoms with Gasteiger partial charge in [0.1, 0.15) is 5.75 Å². The summed E-state index contributed by atoms with van der Waals surface area (Å²) in [7, 11) is 3.37. The van der Waals surface area contributed by atoms with Crippen LogP contribution in [-0.4, -0.2) is 25.0 Å². The van der Waals surface area contributed by atoms with Crippen LogP contribution in [-0.2, 0) is 11.2 Å². The van der Waals surface area contributed by atoms with Crippen LogP contribution in [0.25, 0.3) is 10.9 Å². The highest BCUT2D eigenvalue weighted by Crippen LogP contribution is 2.20. The minimum Gasteiger partial charge on any atom is -0.497 e. The van der Waals surface area contributed by atoms with Crippen LogP contribution < -0.4 is 15.4 Å². The first-order valence-electron chi connectivity index (χ1n) is 7.62. The number of hydrogen-bond donors (Lipinski definition) is 1. The summed E-state index contributed by atoms with van der Waals surface area (Å²) < 4.78 is 5.13. The van der Waals surface area contributed by atoms with Crippen molar-refractivity contribution in [3.63, 3.8) is 0 Å². The molecule has 0 aliphatic heterocycles. The van der Waals surface area contributed by atoms with Crippen LogP contribution >= 0.6 is 0 Å². The number of likely N-dealkylation sites (N-methyl/N-ethyl adjacent to an activating group) is 1. The Labute approximate surface area is 140 Å². The maximum Gasteiger partial charge on any atom is 0.232 e. The highest BCUT2D eigenvalue weighted by Gasteiger charge is 2.13. The number of methoxy groups -OCH3 is 1. The monoisotopic (exact) mass is 321 g/mol. The quantitative estimate of drug-likeness (QED) is 0.750. The summed E-state index contributed by atoms with van der Waals surface area (Å²) in [4.78, 5) is 18.6. The third-order valence-corrected chi connectivity index (χ3v) is 3.94. The molecule has 5 nitrogen and oxygen atoms in total. The van der Waals surface area contributed by atoms with Crippen LogP contribution in [0.4, 0.5) is 11.4 Å². The molecule has 0 radical (unpaired) electrons. The lowest BCUT2D eigenvalue weighted by molar-refractivity contribution is -0.117. The molecule has 0 aliphatic carbocycles. The van der Waals surface area contributed by atoms with Crippen molar-refractivity contribution in [2.75, 3.05) is 24.8 Å². The van der Waals surface area contributed by atoms with Crippen LogP contribution in [0.1, 0.15) is 5.69 Å². The van der Waals surface area contributed by atoms with E-state index >= 15 is 0 Å². The van der Waals surface area contributed by atoms with Crippen molar-refractivity contribution in [3.8, 4) is 5.75 Å². The lowest BCUT2D eigenvalue weighted by Gasteiger charge is -2.17. The number of carbonyl (C=O) groups excluding carboxylic acids is 1. The molecule has 1 heterocycles. The Hall–Kier alpha value is -3.08. The molecule has 24 heavy (non-hydrogen) atoms. The summed E-state index contributed by atoms with van der Waals surface area (Å²) in [6, 6.07) is 16.7. The molecule has 3 rings (SSSR count). The molecular formula is C19H19N3O2. The zero-order chi connectivity index (χ0) is 17.1. The fraction of sp³-hybridized carbons (Fsp3) is 0.158. The van der Waals surface area contributed by atoms with Crippen molar-refractivity contribution >= 4 is 28.2 Å². The van der Waals surface area contributed by atoms with E-state index in [1.54, 1.807) is 19.1 Å². The third-order valence-electron chi connectivity index (χ3n) is 3.94. The first-order chi connectivity index (χ1) is 11.6. The summed E-state index contributed by atoms with van der Waals surface area (Å²) in [6.07, 6.45) is 0.239. The lowest BCUT2D eigenvalue weighted by Crippen LogP contribution is -2.28. The van der Waals surface area contributed by atoms with Crippen molar-refractivity contribution in [1.29, 1.82) is 0 Å². The fourth-order valence-electron chi connectivity index (χ4n) is 2.51. The van der Waals surface area contributed by atoms with Gasteiger partial charge in [0, 0.05) is 23.8 Å². The van der Waals surface area contributed by atoms with Crippen LogP contribution in [0, 0.1) is 0 Å². The van der Waals surface area contributed by atoms with E-state index in [9.17, 15) is 4.79 Å². The smallest absolute Gasteiger partial charge is 0.232 e. The Morgan fingerprint density at radius 2 is 1.88 bits per heavy atom. The third kappa shape index (κ3) is 3.30. The maximum atomic E-state index is 12.5. The molecule has 122 valence electrons. The minimum absolute atomic E-state index is 0.0255. The number of anilines is 2. The van der Waals surface area contributed by atoms with E-state index < -0.39 is 0 Å². The summed E-state index contributed by atoms with van der Waals surface area (Å²) in [5.74, 6) is 0.734. The summed E-state index contributed by atoms with van der Waals surface area (Å²) in [6.45, 7) is 0. The fourth-order valence-corrected chi connectivity index (χ4v) is 2.51. The topological polar surface area (TPSA) is 68.5 Å². The van der Waals surface area contributed by atoms with Crippen molar-refractivity contribution in [1.82, 2.24) is 4.98 Å². The molecule has 0 saturated carbocycles. The predicted molar refractivity (Wildman–Crippen MR) is 96.3 cm³/mol. The standard InChI is InChI=1S/C19H19N3O2/c1-22(16-6-8-17(24-2)9-7-16)19(23)12-15-5-3-13-11-14(20)4-10-18(13)21-15/h3-11H,12,20H2,1-2H3. The van der Waals surface area contributed by atoms with E-state index in [1.807, 2.05) is 54.6 Å². The van der Waals surface area contributed by atoms with E-state index in [1.165, 1.54) is 0 Å². The van der Waals surface area contributed by atoms with Crippen molar-refractivity contribution in [2.24, 2.45) is 0 Å². The summed E-state index contributed by atoms with van der Waals surface area (Å²) in [5.41, 5.74) is 8.85. The molecule has 0 saturated heterocycles. The molecular weight excluding hydrogens is 302 g/mol. The van der Waals surface area contributed by atoms with Crippen molar-refractivity contribution in [2.45, 2.75) is 6.42 Å². The zero-order valence-electron chi connectivity index (χ0n) is 13.7. The first-order valence-corrected chi connectivity index (χ1v) is 7.62. The number of nitrogens with two attached hydrogens (primary N) is 1. The van der Waals surface area contributed by atoms with Crippen molar-refractivity contribution < 1.29 is 9.53 Å². The maximum absolute atomic E-state index is 12.5. The largest absolute Gasteiger partial charge is 0.497 e. The molecule has 0 fully saturated rings. The summed E-state index contributed by atoms with van der Waals surface area (Å²) >= 11 is 0. The molecule has 1 aromatic heterocycles. The highest BCUT2D eigenvalue weighted by atomic mass is 16.5. The Bertz CT molecular complexity index is 875. The number of rotatable bonds is 4. The average Bonchev–Trinajstić information content (AvgIpc) is 2.61.